The quantitative estimate of drug-likeness (QED) is 0.850. The molecule has 6 heteroatoms. The first-order valence-electron chi connectivity index (χ1n) is 8.24. The molecule has 1 aromatic carbocycles. The zero-order valence-electron chi connectivity index (χ0n) is 14.4. The molecule has 0 bridgehead atoms. The van der Waals surface area contributed by atoms with E-state index < -0.39 is 0 Å². The van der Waals surface area contributed by atoms with E-state index >= 15 is 0 Å². The molecule has 0 spiro atoms. The lowest BCUT2D eigenvalue weighted by molar-refractivity contribution is 0.0924. The molecular formula is C18H24N4O2. The minimum absolute atomic E-state index is 0.104. The fourth-order valence-corrected chi connectivity index (χ4v) is 3.17. The molecule has 0 saturated carbocycles. The van der Waals surface area contributed by atoms with Crippen LogP contribution in [-0.2, 0) is 12.8 Å². The van der Waals surface area contributed by atoms with E-state index in [9.17, 15) is 4.79 Å². The van der Waals surface area contributed by atoms with Crippen molar-refractivity contribution in [1.82, 2.24) is 20.4 Å². The number of hydrogen-bond acceptors (Lipinski definition) is 4. The van der Waals surface area contributed by atoms with Gasteiger partial charge >= 0.3 is 0 Å². The lowest BCUT2D eigenvalue weighted by Gasteiger charge is -2.23. The Kier molecular flexibility index (Phi) is 4.85. The maximum Gasteiger partial charge on any atom is 0.272 e. The molecule has 24 heavy (non-hydrogen) atoms. The molecule has 1 aliphatic rings. The molecule has 1 atom stereocenters. The van der Waals surface area contributed by atoms with Crippen LogP contribution in [-0.4, -0.2) is 48.8 Å². The molecule has 0 radical (unpaired) electrons. The molecule has 0 saturated heterocycles. The van der Waals surface area contributed by atoms with Gasteiger partial charge < -0.3 is 15.0 Å². The van der Waals surface area contributed by atoms with Gasteiger partial charge in [0.1, 0.15) is 5.75 Å². The molecule has 2 aromatic rings. The first-order valence-corrected chi connectivity index (χ1v) is 8.24. The number of fused-ring (bicyclic) bond motifs is 1. The molecular weight excluding hydrogens is 304 g/mol. The molecule has 1 aliphatic carbocycles. The Bertz CT molecular complexity index is 706. The summed E-state index contributed by atoms with van der Waals surface area (Å²) < 4.78 is 5.21. The number of nitrogens with zero attached hydrogens (tertiary/aromatic N) is 2. The Balaban J connectivity index is 1.79. The number of benzene rings is 1. The summed E-state index contributed by atoms with van der Waals surface area (Å²) in [4.78, 5) is 14.8. The van der Waals surface area contributed by atoms with Crippen LogP contribution in [0.5, 0.6) is 5.75 Å². The summed E-state index contributed by atoms with van der Waals surface area (Å²) in [6, 6.07) is 7.70. The SMILES string of the molecule is COc1ccc(C(CN(C)C)NC(=O)c2n[nH]c3c2CCC3)cc1. The van der Waals surface area contributed by atoms with Crippen molar-refractivity contribution in [1.29, 1.82) is 0 Å². The van der Waals surface area contributed by atoms with Crippen molar-refractivity contribution in [3.05, 3.63) is 46.8 Å². The molecule has 0 aliphatic heterocycles. The van der Waals surface area contributed by atoms with Crippen molar-refractivity contribution in [2.45, 2.75) is 25.3 Å². The van der Waals surface area contributed by atoms with E-state index in [-0.39, 0.29) is 11.9 Å². The number of carbonyl (C=O) groups is 1. The van der Waals surface area contributed by atoms with Gasteiger partial charge in [0.05, 0.1) is 13.2 Å². The minimum Gasteiger partial charge on any atom is -0.497 e. The van der Waals surface area contributed by atoms with Crippen LogP contribution in [0.4, 0.5) is 0 Å². The number of nitrogens with one attached hydrogen (secondary N) is 2. The number of rotatable bonds is 6. The first-order chi connectivity index (χ1) is 11.6. The molecule has 1 unspecified atom stereocenters. The lowest BCUT2D eigenvalue weighted by atomic mass is 10.1. The van der Waals surface area contributed by atoms with Crippen LogP contribution >= 0.6 is 0 Å². The van der Waals surface area contributed by atoms with E-state index in [1.165, 1.54) is 0 Å². The number of methoxy groups -OCH3 is 1. The van der Waals surface area contributed by atoms with Crippen LogP contribution in [0.1, 0.15) is 39.8 Å². The summed E-state index contributed by atoms with van der Waals surface area (Å²) >= 11 is 0. The second kappa shape index (κ2) is 7.05. The third kappa shape index (κ3) is 3.43. The molecule has 1 heterocycles. The van der Waals surface area contributed by atoms with E-state index in [0.717, 1.165) is 41.8 Å². The topological polar surface area (TPSA) is 70.2 Å². The second-order valence-corrected chi connectivity index (χ2v) is 6.44. The van der Waals surface area contributed by atoms with Crippen molar-refractivity contribution in [2.24, 2.45) is 0 Å². The van der Waals surface area contributed by atoms with Gasteiger partial charge in [-0.25, -0.2) is 0 Å². The molecule has 0 fully saturated rings. The number of likely N-dealkylation sites (N-methyl/N-ethyl adjacent to an activating group) is 1. The van der Waals surface area contributed by atoms with Gasteiger partial charge in [-0.3, -0.25) is 9.89 Å². The van der Waals surface area contributed by atoms with Crippen LogP contribution < -0.4 is 10.1 Å². The highest BCUT2D eigenvalue weighted by atomic mass is 16.5. The van der Waals surface area contributed by atoms with E-state index in [2.05, 4.69) is 20.4 Å². The number of aromatic amines is 1. The average Bonchev–Trinajstić information content (AvgIpc) is 3.17. The number of amides is 1. The smallest absolute Gasteiger partial charge is 0.272 e. The molecule has 1 aromatic heterocycles. The largest absolute Gasteiger partial charge is 0.497 e. The highest BCUT2D eigenvalue weighted by molar-refractivity contribution is 5.94. The highest BCUT2D eigenvalue weighted by Crippen LogP contribution is 2.24. The molecule has 1 amide bonds. The monoisotopic (exact) mass is 328 g/mol. The van der Waals surface area contributed by atoms with Crippen LogP contribution in [0.3, 0.4) is 0 Å². The number of H-pyrrole nitrogens is 1. The summed E-state index contributed by atoms with van der Waals surface area (Å²) in [6.45, 7) is 0.713. The van der Waals surface area contributed by atoms with Gasteiger partial charge in [-0.05, 0) is 51.1 Å². The van der Waals surface area contributed by atoms with Crippen molar-refractivity contribution in [2.75, 3.05) is 27.7 Å². The predicted molar refractivity (Wildman–Crippen MR) is 92.4 cm³/mol. The van der Waals surface area contributed by atoms with Gasteiger partial charge in [0.25, 0.3) is 5.91 Å². The van der Waals surface area contributed by atoms with Crippen molar-refractivity contribution in [3.8, 4) is 5.75 Å². The number of aryl methyl sites for hydroxylation is 1. The summed E-state index contributed by atoms with van der Waals surface area (Å²) in [5, 5.41) is 10.3. The average molecular weight is 328 g/mol. The Morgan fingerprint density at radius 3 is 2.75 bits per heavy atom. The van der Waals surface area contributed by atoms with Gasteiger partial charge in [0.15, 0.2) is 5.69 Å². The number of hydrogen-bond donors (Lipinski definition) is 2. The summed E-state index contributed by atoms with van der Waals surface area (Å²) in [7, 11) is 5.64. The van der Waals surface area contributed by atoms with Gasteiger partial charge in [0, 0.05) is 17.8 Å². The maximum absolute atomic E-state index is 12.7. The van der Waals surface area contributed by atoms with Crippen molar-refractivity contribution in [3.63, 3.8) is 0 Å². The zero-order chi connectivity index (χ0) is 17.1. The Labute approximate surface area is 142 Å². The Morgan fingerprint density at radius 2 is 2.08 bits per heavy atom. The van der Waals surface area contributed by atoms with E-state index in [1.807, 2.05) is 38.4 Å². The van der Waals surface area contributed by atoms with E-state index in [0.29, 0.717) is 12.2 Å². The van der Waals surface area contributed by atoms with Gasteiger partial charge in [-0.1, -0.05) is 12.1 Å². The lowest BCUT2D eigenvalue weighted by Crippen LogP contribution is -2.35. The van der Waals surface area contributed by atoms with Crippen molar-refractivity contribution >= 4 is 5.91 Å². The predicted octanol–water partition coefficient (Wildman–Crippen LogP) is 1.94. The van der Waals surface area contributed by atoms with Crippen LogP contribution in [0, 0.1) is 0 Å². The third-order valence-corrected chi connectivity index (χ3v) is 4.39. The number of ether oxygens (including phenoxy) is 1. The normalized spacial score (nSPS) is 14.5. The molecule has 3 rings (SSSR count). The number of aromatic nitrogens is 2. The molecule has 6 nitrogen and oxygen atoms in total. The highest BCUT2D eigenvalue weighted by Gasteiger charge is 2.25. The minimum atomic E-state index is -0.114. The standard InChI is InChI=1S/C18H24N4O2/c1-22(2)11-16(12-7-9-13(24-3)10-8-12)19-18(23)17-14-5-4-6-15(14)20-21-17/h7-10,16H,4-6,11H2,1-3H3,(H,19,23)(H,20,21). The summed E-state index contributed by atoms with van der Waals surface area (Å²) in [5.74, 6) is 0.691. The van der Waals surface area contributed by atoms with Crippen LogP contribution in [0.25, 0.3) is 0 Å². The fraction of sp³-hybridized carbons (Fsp3) is 0.444. The maximum atomic E-state index is 12.7. The first kappa shape index (κ1) is 16.5. The van der Waals surface area contributed by atoms with E-state index in [1.54, 1.807) is 7.11 Å². The summed E-state index contributed by atoms with van der Waals surface area (Å²) in [5.41, 5.74) is 3.77. The molecule has 128 valence electrons. The van der Waals surface area contributed by atoms with Crippen molar-refractivity contribution < 1.29 is 9.53 Å². The van der Waals surface area contributed by atoms with Gasteiger partial charge in [-0.15, -0.1) is 0 Å². The van der Waals surface area contributed by atoms with E-state index in [4.69, 9.17) is 4.74 Å². The van der Waals surface area contributed by atoms with Gasteiger partial charge in [-0.2, -0.15) is 5.10 Å². The zero-order valence-corrected chi connectivity index (χ0v) is 14.4. The molecule has 2 N–H and O–H groups in total. The van der Waals surface area contributed by atoms with Gasteiger partial charge in [0.2, 0.25) is 0 Å². The Morgan fingerprint density at radius 1 is 1.33 bits per heavy atom. The second-order valence-electron chi connectivity index (χ2n) is 6.44. The summed E-state index contributed by atoms with van der Waals surface area (Å²) in [6.07, 6.45) is 2.99. The van der Waals surface area contributed by atoms with Crippen LogP contribution in [0.15, 0.2) is 24.3 Å². The number of carbonyl (C=O) groups excluding carboxylic acids is 1. The van der Waals surface area contributed by atoms with Crippen LogP contribution in [0.2, 0.25) is 0 Å². The fourth-order valence-electron chi connectivity index (χ4n) is 3.17. The Hall–Kier alpha value is -2.34. The third-order valence-electron chi connectivity index (χ3n) is 4.39.